The van der Waals surface area contributed by atoms with Crippen LogP contribution in [0, 0.1) is 17.8 Å². The topological polar surface area (TPSA) is 24.4 Å². The number of aliphatic imine (C=N–C) groups is 1. The molecule has 4 bridgehead atoms. The quantitative estimate of drug-likeness (QED) is 0.826. The molecule has 1 heterocycles. The molecule has 0 aromatic carbocycles. The highest BCUT2D eigenvalue weighted by atomic mass is 32.2. The van der Waals surface area contributed by atoms with E-state index in [-0.39, 0.29) is 0 Å². The Morgan fingerprint density at radius 1 is 1.17 bits per heavy atom. The molecule has 0 radical (unpaired) electrons. The number of amidine groups is 1. The molecule has 1 aliphatic heterocycles. The van der Waals surface area contributed by atoms with Gasteiger partial charge in [-0.25, -0.2) is 0 Å². The van der Waals surface area contributed by atoms with E-state index in [9.17, 15) is 0 Å². The predicted octanol–water partition coefficient (Wildman–Crippen LogP) is 3.43. The second-order valence-electron chi connectivity index (χ2n) is 7.12. The second kappa shape index (κ2) is 4.16. The van der Waals surface area contributed by atoms with E-state index in [4.69, 9.17) is 4.99 Å². The summed E-state index contributed by atoms with van der Waals surface area (Å²) in [5.41, 5.74) is 0.448. The van der Waals surface area contributed by atoms with Crippen molar-refractivity contribution in [1.29, 1.82) is 0 Å². The van der Waals surface area contributed by atoms with Crippen LogP contribution in [0.2, 0.25) is 0 Å². The summed E-state index contributed by atoms with van der Waals surface area (Å²) in [6.07, 6.45) is 10.1. The van der Waals surface area contributed by atoms with E-state index in [2.05, 4.69) is 12.2 Å². The average molecular weight is 264 g/mol. The van der Waals surface area contributed by atoms with Gasteiger partial charge in [0, 0.05) is 10.8 Å². The van der Waals surface area contributed by atoms with Crippen LogP contribution in [0.3, 0.4) is 0 Å². The summed E-state index contributed by atoms with van der Waals surface area (Å²) in [5.74, 6) is 3.08. The summed E-state index contributed by atoms with van der Waals surface area (Å²) in [5, 5.41) is 5.91. The van der Waals surface area contributed by atoms with Gasteiger partial charge < -0.3 is 5.32 Å². The smallest absolute Gasteiger partial charge is 0.157 e. The number of hydrogen-bond acceptors (Lipinski definition) is 3. The molecule has 4 aliphatic carbocycles. The van der Waals surface area contributed by atoms with Gasteiger partial charge in [-0.3, -0.25) is 4.99 Å². The molecule has 18 heavy (non-hydrogen) atoms. The van der Waals surface area contributed by atoms with Crippen LogP contribution in [-0.4, -0.2) is 22.5 Å². The molecule has 2 nitrogen and oxygen atoms in total. The maximum absolute atomic E-state index is 4.73. The molecule has 0 aromatic heterocycles. The molecule has 0 aromatic rings. The van der Waals surface area contributed by atoms with Crippen molar-refractivity contribution in [3.05, 3.63) is 0 Å². The first kappa shape index (κ1) is 11.6. The molecule has 0 spiro atoms. The van der Waals surface area contributed by atoms with Crippen LogP contribution in [0.5, 0.6) is 0 Å². The zero-order valence-electron chi connectivity index (χ0n) is 11.3. The van der Waals surface area contributed by atoms with E-state index in [0.29, 0.717) is 5.54 Å². The average Bonchev–Trinajstić information content (AvgIpc) is 2.74. The molecule has 5 rings (SSSR count). The molecule has 1 N–H and O–H groups in total. The predicted molar refractivity (Wildman–Crippen MR) is 78.0 cm³/mol. The van der Waals surface area contributed by atoms with Crippen molar-refractivity contribution in [1.82, 2.24) is 5.32 Å². The van der Waals surface area contributed by atoms with Crippen molar-refractivity contribution in [2.75, 3.05) is 6.54 Å². The number of rotatable bonds is 2. The van der Waals surface area contributed by atoms with Crippen molar-refractivity contribution in [2.24, 2.45) is 22.7 Å². The largest absolute Gasteiger partial charge is 0.359 e. The van der Waals surface area contributed by atoms with Crippen molar-refractivity contribution in [3.8, 4) is 0 Å². The van der Waals surface area contributed by atoms with E-state index >= 15 is 0 Å². The van der Waals surface area contributed by atoms with Crippen molar-refractivity contribution >= 4 is 16.9 Å². The van der Waals surface area contributed by atoms with Gasteiger partial charge in [0.25, 0.3) is 0 Å². The fraction of sp³-hybridized carbons (Fsp3) is 0.933. The standard InChI is InChI=1S/C15H24N2S/c1-2-13-9-16-14(18-13)17-15-6-10-3-11(7-15)5-12(4-10)8-15/h10-13H,2-9H2,1H3,(H,16,17). The number of nitrogens with one attached hydrogen (secondary N) is 1. The van der Waals surface area contributed by atoms with Gasteiger partial charge in [0.05, 0.1) is 6.54 Å². The van der Waals surface area contributed by atoms with E-state index in [1.807, 2.05) is 11.8 Å². The summed E-state index contributed by atoms with van der Waals surface area (Å²) in [6.45, 7) is 3.32. The third-order valence-electron chi connectivity index (χ3n) is 5.58. The van der Waals surface area contributed by atoms with Crippen molar-refractivity contribution in [3.63, 3.8) is 0 Å². The fourth-order valence-electron chi connectivity index (χ4n) is 5.19. The molecule has 4 fully saturated rings. The Hall–Kier alpha value is -0.180. The van der Waals surface area contributed by atoms with Gasteiger partial charge in [0.15, 0.2) is 5.17 Å². The van der Waals surface area contributed by atoms with Crippen LogP contribution in [0.15, 0.2) is 4.99 Å². The van der Waals surface area contributed by atoms with Crippen LogP contribution in [0.25, 0.3) is 0 Å². The Kier molecular flexibility index (Phi) is 2.69. The van der Waals surface area contributed by atoms with Gasteiger partial charge in [0.1, 0.15) is 0 Å². The normalized spacial score (nSPS) is 49.5. The highest BCUT2D eigenvalue weighted by Crippen LogP contribution is 2.55. The Morgan fingerprint density at radius 2 is 1.78 bits per heavy atom. The van der Waals surface area contributed by atoms with Crippen LogP contribution in [0.4, 0.5) is 0 Å². The molecule has 3 heteroatoms. The zero-order valence-corrected chi connectivity index (χ0v) is 12.1. The minimum absolute atomic E-state index is 0.448. The lowest BCUT2D eigenvalue weighted by Crippen LogP contribution is -2.59. The summed E-state index contributed by atoms with van der Waals surface area (Å²) < 4.78 is 0. The maximum Gasteiger partial charge on any atom is 0.157 e. The van der Waals surface area contributed by atoms with Gasteiger partial charge in [-0.1, -0.05) is 18.7 Å². The summed E-state index contributed by atoms with van der Waals surface area (Å²) >= 11 is 2.00. The van der Waals surface area contributed by atoms with Crippen molar-refractivity contribution < 1.29 is 0 Å². The third-order valence-corrected chi connectivity index (χ3v) is 6.85. The maximum atomic E-state index is 4.73. The minimum Gasteiger partial charge on any atom is -0.359 e. The van der Waals surface area contributed by atoms with Crippen molar-refractivity contribution in [2.45, 2.75) is 62.7 Å². The van der Waals surface area contributed by atoms with Crippen LogP contribution in [-0.2, 0) is 0 Å². The highest BCUT2D eigenvalue weighted by Gasteiger charge is 2.51. The van der Waals surface area contributed by atoms with E-state index in [1.54, 1.807) is 0 Å². The summed E-state index contributed by atoms with van der Waals surface area (Å²) in [4.78, 5) is 4.73. The van der Waals surface area contributed by atoms with E-state index < -0.39 is 0 Å². The third kappa shape index (κ3) is 1.90. The number of hydrogen-bond donors (Lipinski definition) is 1. The van der Waals surface area contributed by atoms with E-state index in [1.165, 1.54) is 50.1 Å². The molecule has 0 amide bonds. The lowest BCUT2D eigenvalue weighted by atomic mass is 9.53. The Balaban J connectivity index is 1.48. The Bertz CT molecular complexity index is 341. The Labute approximate surface area is 114 Å². The molecule has 4 saturated carbocycles. The first-order valence-corrected chi connectivity index (χ1v) is 8.62. The molecule has 1 unspecified atom stereocenters. The van der Waals surface area contributed by atoms with Gasteiger partial charge in [-0.2, -0.15) is 0 Å². The molecule has 1 atom stereocenters. The molecule has 100 valence electrons. The highest BCUT2D eigenvalue weighted by molar-refractivity contribution is 8.14. The van der Waals surface area contributed by atoms with E-state index in [0.717, 1.165) is 29.5 Å². The number of thioether (sulfide) groups is 1. The SMILES string of the molecule is CCC1CN=C(NC23CC4CC(CC(C4)C2)C3)S1. The van der Waals surface area contributed by atoms with Crippen LogP contribution < -0.4 is 5.32 Å². The molecule has 5 aliphatic rings. The number of nitrogens with zero attached hydrogens (tertiary/aromatic N) is 1. The Morgan fingerprint density at radius 3 is 2.28 bits per heavy atom. The molecular formula is C15H24N2S. The minimum atomic E-state index is 0.448. The molecular weight excluding hydrogens is 240 g/mol. The lowest BCUT2D eigenvalue weighted by molar-refractivity contribution is -0.00962. The lowest BCUT2D eigenvalue weighted by Gasteiger charge is -2.57. The summed E-state index contributed by atoms with van der Waals surface area (Å²) in [6, 6.07) is 0. The first-order chi connectivity index (χ1) is 8.75. The van der Waals surface area contributed by atoms with Crippen LogP contribution >= 0.6 is 11.8 Å². The fourth-order valence-corrected chi connectivity index (χ4v) is 6.25. The van der Waals surface area contributed by atoms with Crippen LogP contribution in [0.1, 0.15) is 51.9 Å². The zero-order chi connectivity index (χ0) is 12.2. The van der Waals surface area contributed by atoms with Gasteiger partial charge in [-0.05, 0) is 62.7 Å². The van der Waals surface area contributed by atoms with Gasteiger partial charge >= 0.3 is 0 Å². The van der Waals surface area contributed by atoms with Gasteiger partial charge in [-0.15, -0.1) is 0 Å². The second-order valence-corrected chi connectivity index (χ2v) is 8.41. The monoisotopic (exact) mass is 264 g/mol. The first-order valence-electron chi connectivity index (χ1n) is 7.74. The summed E-state index contributed by atoms with van der Waals surface area (Å²) in [7, 11) is 0. The van der Waals surface area contributed by atoms with Gasteiger partial charge in [0.2, 0.25) is 0 Å². The molecule has 0 saturated heterocycles.